The molecule has 1 aliphatic carbocycles. The van der Waals surface area contributed by atoms with E-state index in [0.29, 0.717) is 5.91 Å². The number of likely N-dealkylation sites (tertiary alicyclic amines) is 1. The van der Waals surface area contributed by atoms with Gasteiger partial charge in [0.05, 0.1) is 18.5 Å². The smallest absolute Gasteiger partial charge is 0.230 e. The number of fused-ring (bicyclic) bond motifs is 1. The van der Waals surface area contributed by atoms with E-state index in [1.807, 2.05) is 23.1 Å². The fourth-order valence-electron chi connectivity index (χ4n) is 4.12. The Bertz CT molecular complexity index is 680. The number of carbonyl (C=O) groups is 1. The first-order chi connectivity index (χ1) is 11.3. The second-order valence-corrected chi connectivity index (χ2v) is 6.70. The number of carbonyl (C=O) groups excluding carboxylic acids is 1. The molecule has 1 amide bonds. The zero-order chi connectivity index (χ0) is 15.6. The minimum absolute atomic E-state index is 0.0596. The van der Waals surface area contributed by atoms with Gasteiger partial charge in [-0.3, -0.25) is 9.48 Å². The molecule has 0 unspecified atom stereocenters. The Morgan fingerprint density at radius 2 is 2.09 bits per heavy atom. The van der Waals surface area contributed by atoms with Crippen molar-refractivity contribution in [2.45, 2.75) is 50.6 Å². The molecule has 1 aromatic carbocycles. The molecule has 0 radical (unpaired) electrons. The van der Waals surface area contributed by atoms with Gasteiger partial charge < -0.3 is 4.90 Å². The number of nitrogens with zero attached hydrogens (tertiary/aromatic N) is 3. The summed E-state index contributed by atoms with van der Waals surface area (Å²) in [7, 11) is 0. The third-order valence-corrected chi connectivity index (χ3v) is 5.30. The van der Waals surface area contributed by atoms with Crippen molar-refractivity contribution in [3.63, 3.8) is 0 Å². The van der Waals surface area contributed by atoms with Crippen molar-refractivity contribution in [1.29, 1.82) is 0 Å². The Morgan fingerprint density at radius 3 is 2.96 bits per heavy atom. The van der Waals surface area contributed by atoms with E-state index in [-0.39, 0.29) is 12.0 Å². The highest BCUT2D eigenvalue weighted by Crippen LogP contribution is 2.35. The number of aromatic nitrogens is 2. The average Bonchev–Trinajstić information content (AvgIpc) is 3.24. The SMILES string of the molecule is O=C([C@@H]1CCc2ccccc21)N1CCCC[C@@H]1Cn1cccn1. The van der Waals surface area contributed by atoms with Crippen LogP contribution >= 0.6 is 0 Å². The monoisotopic (exact) mass is 309 g/mol. The maximum absolute atomic E-state index is 13.2. The Morgan fingerprint density at radius 1 is 1.17 bits per heavy atom. The molecule has 0 saturated carbocycles. The van der Waals surface area contributed by atoms with E-state index in [1.165, 1.54) is 17.5 Å². The van der Waals surface area contributed by atoms with Gasteiger partial charge >= 0.3 is 0 Å². The lowest BCUT2D eigenvalue weighted by Gasteiger charge is -2.37. The molecule has 1 aromatic heterocycles. The number of hydrogen-bond acceptors (Lipinski definition) is 2. The lowest BCUT2D eigenvalue weighted by atomic mass is 9.95. The highest BCUT2D eigenvalue weighted by atomic mass is 16.2. The first kappa shape index (κ1) is 14.5. The summed E-state index contributed by atoms with van der Waals surface area (Å²) in [6, 6.07) is 10.7. The average molecular weight is 309 g/mol. The molecule has 2 aliphatic rings. The molecule has 0 spiro atoms. The second-order valence-electron chi connectivity index (χ2n) is 6.70. The highest BCUT2D eigenvalue weighted by Gasteiger charge is 2.35. The molecule has 120 valence electrons. The topological polar surface area (TPSA) is 38.1 Å². The second kappa shape index (κ2) is 6.19. The van der Waals surface area contributed by atoms with E-state index in [1.54, 1.807) is 0 Å². The summed E-state index contributed by atoms with van der Waals surface area (Å²) in [4.78, 5) is 15.3. The Hall–Kier alpha value is -2.10. The third kappa shape index (κ3) is 2.78. The molecular weight excluding hydrogens is 286 g/mol. The van der Waals surface area contributed by atoms with Crippen molar-refractivity contribution in [3.8, 4) is 0 Å². The molecule has 0 N–H and O–H groups in total. The van der Waals surface area contributed by atoms with Crippen LogP contribution in [0, 0.1) is 0 Å². The minimum atomic E-state index is 0.0596. The maximum Gasteiger partial charge on any atom is 0.230 e. The molecular formula is C19H23N3O. The highest BCUT2D eigenvalue weighted by molar-refractivity contribution is 5.85. The Balaban J connectivity index is 1.54. The van der Waals surface area contributed by atoms with Crippen LogP contribution in [0.5, 0.6) is 0 Å². The van der Waals surface area contributed by atoms with Crippen LogP contribution in [-0.2, 0) is 17.8 Å². The van der Waals surface area contributed by atoms with Crippen LogP contribution < -0.4 is 0 Å². The van der Waals surface area contributed by atoms with Gasteiger partial charge in [-0.15, -0.1) is 0 Å². The summed E-state index contributed by atoms with van der Waals surface area (Å²) < 4.78 is 1.96. The fraction of sp³-hybridized carbons (Fsp3) is 0.474. The Kier molecular flexibility index (Phi) is 3.90. The number of rotatable bonds is 3. The largest absolute Gasteiger partial charge is 0.337 e. The first-order valence-corrected chi connectivity index (χ1v) is 8.68. The van der Waals surface area contributed by atoms with Crippen LogP contribution in [0.2, 0.25) is 0 Å². The minimum Gasteiger partial charge on any atom is -0.337 e. The van der Waals surface area contributed by atoms with Crippen molar-refractivity contribution in [1.82, 2.24) is 14.7 Å². The summed E-state index contributed by atoms with van der Waals surface area (Å²) in [6.07, 6.45) is 9.20. The number of aryl methyl sites for hydroxylation is 1. The molecule has 1 fully saturated rings. The van der Waals surface area contributed by atoms with Crippen molar-refractivity contribution >= 4 is 5.91 Å². The number of piperidine rings is 1. The predicted octanol–water partition coefficient (Wildman–Crippen LogP) is 2.99. The molecule has 1 aliphatic heterocycles. The van der Waals surface area contributed by atoms with Crippen LogP contribution in [0.4, 0.5) is 0 Å². The van der Waals surface area contributed by atoms with Crippen molar-refractivity contribution < 1.29 is 4.79 Å². The van der Waals surface area contributed by atoms with Gasteiger partial charge in [0.2, 0.25) is 5.91 Å². The predicted molar refractivity (Wildman–Crippen MR) is 89.1 cm³/mol. The van der Waals surface area contributed by atoms with Gasteiger partial charge in [0.25, 0.3) is 0 Å². The molecule has 23 heavy (non-hydrogen) atoms. The summed E-state index contributed by atoms with van der Waals surface area (Å²) in [5.41, 5.74) is 2.60. The van der Waals surface area contributed by atoms with Gasteiger partial charge in [0, 0.05) is 18.9 Å². The van der Waals surface area contributed by atoms with E-state index in [0.717, 1.165) is 38.8 Å². The van der Waals surface area contributed by atoms with Gasteiger partial charge in [-0.2, -0.15) is 5.10 Å². The number of hydrogen-bond donors (Lipinski definition) is 0. The van der Waals surface area contributed by atoms with Crippen LogP contribution in [0.25, 0.3) is 0 Å². The molecule has 4 heteroatoms. The lowest BCUT2D eigenvalue weighted by Crippen LogP contribution is -2.47. The van der Waals surface area contributed by atoms with Crippen LogP contribution in [-0.4, -0.2) is 33.2 Å². The van der Waals surface area contributed by atoms with Crippen LogP contribution in [0.15, 0.2) is 42.7 Å². The third-order valence-electron chi connectivity index (χ3n) is 5.30. The molecule has 1 saturated heterocycles. The number of benzene rings is 1. The van der Waals surface area contributed by atoms with Crippen LogP contribution in [0.1, 0.15) is 42.7 Å². The maximum atomic E-state index is 13.2. The van der Waals surface area contributed by atoms with Gasteiger partial charge in [-0.1, -0.05) is 24.3 Å². The molecule has 2 atom stereocenters. The summed E-state index contributed by atoms with van der Waals surface area (Å²) >= 11 is 0. The zero-order valence-electron chi connectivity index (χ0n) is 13.4. The van der Waals surface area contributed by atoms with Gasteiger partial charge in [0.15, 0.2) is 0 Å². The Labute approximate surface area is 137 Å². The molecule has 4 nitrogen and oxygen atoms in total. The molecule has 2 aromatic rings. The summed E-state index contributed by atoms with van der Waals surface area (Å²) in [5, 5.41) is 4.32. The van der Waals surface area contributed by atoms with Crippen molar-refractivity contribution in [2.24, 2.45) is 0 Å². The van der Waals surface area contributed by atoms with Gasteiger partial charge in [-0.25, -0.2) is 0 Å². The molecule has 0 bridgehead atoms. The quantitative estimate of drug-likeness (QED) is 0.874. The molecule has 2 heterocycles. The van der Waals surface area contributed by atoms with E-state index in [2.05, 4.69) is 34.3 Å². The van der Waals surface area contributed by atoms with E-state index in [9.17, 15) is 4.79 Å². The lowest BCUT2D eigenvalue weighted by molar-refractivity contribution is -0.136. The van der Waals surface area contributed by atoms with Gasteiger partial charge in [0.1, 0.15) is 0 Å². The van der Waals surface area contributed by atoms with Crippen molar-refractivity contribution in [3.05, 3.63) is 53.9 Å². The standard InChI is InChI=1S/C19H23N3O/c23-19(18-10-9-15-6-1-2-8-17(15)18)22-13-4-3-7-16(22)14-21-12-5-11-20-21/h1-2,5-6,8,11-12,16,18H,3-4,7,9-10,13-14H2/t16-,18-/m1/s1. The van der Waals surface area contributed by atoms with E-state index < -0.39 is 0 Å². The summed E-state index contributed by atoms with van der Waals surface area (Å²) in [6.45, 7) is 1.70. The summed E-state index contributed by atoms with van der Waals surface area (Å²) in [5.74, 6) is 0.385. The normalized spacial score (nSPS) is 23.7. The van der Waals surface area contributed by atoms with Crippen LogP contribution in [0.3, 0.4) is 0 Å². The van der Waals surface area contributed by atoms with Crippen molar-refractivity contribution in [2.75, 3.05) is 6.54 Å². The first-order valence-electron chi connectivity index (χ1n) is 8.68. The fourth-order valence-corrected chi connectivity index (χ4v) is 4.12. The zero-order valence-corrected chi connectivity index (χ0v) is 13.4. The van der Waals surface area contributed by atoms with Gasteiger partial charge in [-0.05, 0) is 49.3 Å². The number of amides is 1. The molecule has 4 rings (SSSR count). The van der Waals surface area contributed by atoms with E-state index >= 15 is 0 Å². The van der Waals surface area contributed by atoms with E-state index in [4.69, 9.17) is 0 Å².